The molecule has 2 heterocycles. The lowest BCUT2D eigenvalue weighted by atomic mass is 9.83. The molecule has 4 aromatic rings. The summed E-state index contributed by atoms with van der Waals surface area (Å²) < 4.78 is 29.8. The number of furan rings is 1. The van der Waals surface area contributed by atoms with E-state index in [0.29, 0.717) is 47.2 Å². The van der Waals surface area contributed by atoms with E-state index < -0.39 is 11.9 Å². The highest BCUT2D eigenvalue weighted by Crippen LogP contribution is 2.45. The zero-order chi connectivity index (χ0) is 28.4. The average Bonchev–Trinajstić information content (AvgIpc) is 3.27. The van der Waals surface area contributed by atoms with E-state index in [2.05, 4.69) is 22.0 Å². The summed E-state index contributed by atoms with van der Waals surface area (Å²) >= 11 is 3.42. The van der Waals surface area contributed by atoms with Gasteiger partial charge < -0.3 is 29.1 Å². The van der Waals surface area contributed by atoms with Crippen LogP contribution in [-0.4, -0.2) is 19.2 Å². The lowest BCUT2D eigenvalue weighted by Crippen LogP contribution is -2.21. The highest BCUT2D eigenvalue weighted by Gasteiger charge is 2.32. The van der Waals surface area contributed by atoms with Gasteiger partial charge in [0.2, 0.25) is 11.6 Å². The van der Waals surface area contributed by atoms with E-state index in [1.807, 2.05) is 44.2 Å². The van der Waals surface area contributed by atoms with Crippen molar-refractivity contribution in [2.24, 2.45) is 5.73 Å². The molecule has 40 heavy (non-hydrogen) atoms. The number of allylic oxidation sites excluding steroid dienone is 1. The Morgan fingerprint density at radius 2 is 1.90 bits per heavy atom. The first-order valence-electron chi connectivity index (χ1n) is 12.9. The largest absolute Gasteiger partial charge is 0.490 e. The zero-order valence-corrected chi connectivity index (χ0v) is 23.8. The highest BCUT2D eigenvalue weighted by atomic mass is 79.9. The Hall–Kier alpha value is -4.42. The molecular weight excluding hydrogens is 576 g/mol. The predicted octanol–water partition coefficient (Wildman–Crippen LogP) is 7.13. The Kier molecular flexibility index (Phi) is 7.71. The lowest BCUT2D eigenvalue weighted by Gasteiger charge is -2.27. The number of nitriles is 1. The van der Waals surface area contributed by atoms with Crippen LogP contribution in [0.15, 0.2) is 74.9 Å². The summed E-state index contributed by atoms with van der Waals surface area (Å²) in [4.78, 5) is 13.0. The summed E-state index contributed by atoms with van der Waals surface area (Å²) in [7, 11) is 0. The van der Waals surface area contributed by atoms with Crippen LogP contribution in [0, 0.1) is 18.3 Å². The van der Waals surface area contributed by atoms with Crippen molar-refractivity contribution in [3.8, 4) is 29.1 Å². The van der Waals surface area contributed by atoms with Crippen LogP contribution in [0.5, 0.6) is 23.0 Å². The van der Waals surface area contributed by atoms with E-state index in [1.165, 1.54) is 0 Å². The van der Waals surface area contributed by atoms with Crippen LogP contribution in [0.1, 0.15) is 53.4 Å². The Morgan fingerprint density at radius 1 is 1.07 bits per heavy atom. The molecule has 1 unspecified atom stereocenters. The Labute approximate surface area is 240 Å². The molecule has 1 aliphatic rings. The maximum absolute atomic E-state index is 13.0. The predicted molar refractivity (Wildman–Crippen MR) is 153 cm³/mol. The molecule has 0 saturated carbocycles. The number of aryl methyl sites for hydroxylation is 1. The number of hydrogen-bond acceptors (Lipinski definition) is 8. The third-order valence-electron chi connectivity index (χ3n) is 6.55. The number of carbonyl (C=O) groups excluding carboxylic acids is 1. The van der Waals surface area contributed by atoms with E-state index in [-0.39, 0.29) is 23.0 Å². The summed E-state index contributed by atoms with van der Waals surface area (Å²) in [5, 5.41) is 10.8. The minimum Gasteiger partial charge on any atom is -0.490 e. The smallest absolute Gasteiger partial charge is 0.379 e. The standard InChI is InChI=1S/C31H27BrN2O6/c1-4-12-37-24-11-6-18(13-27(24)36-5-2)28-22-10-8-20(15-26(22)40-30(34)23(28)16-33)38-31(35)29-17(3)21-9-7-19(32)14-25(21)39-29/h6-11,13-15,28H,4-5,12,34H2,1-3H3. The average molecular weight is 603 g/mol. The molecule has 0 amide bonds. The summed E-state index contributed by atoms with van der Waals surface area (Å²) in [6.45, 7) is 6.75. The number of benzene rings is 3. The second kappa shape index (κ2) is 11.4. The first kappa shape index (κ1) is 27.2. The normalized spacial score (nSPS) is 14.3. The number of esters is 1. The molecule has 0 aliphatic carbocycles. The van der Waals surface area contributed by atoms with Gasteiger partial charge in [-0.2, -0.15) is 5.26 Å². The van der Waals surface area contributed by atoms with Crippen molar-refractivity contribution in [2.45, 2.75) is 33.1 Å². The summed E-state index contributed by atoms with van der Waals surface area (Å²) in [6, 6.07) is 18.3. The lowest BCUT2D eigenvalue weighted by molar-refractivity contribution is 0.0702. The van der Waals surface area contributed by atoms with Crippen molar-refractivity contribution in [1.82, 2.24) is 0 Å². The minimum absolute atomic E-state index is 0.0218. The first-order valence-corrected chi connectivity index (χ1v) is 13.7. The van der Waals surface area contributed by atoms with Crippen LogP contribution in [0.2, 0.25) is 0 Å². The maximum Gasteiger partial charge on any atom is 0.379 e. The van der Waals surface area contributed by atoms with E-state index >= 15 is 0 Å². The van der Waals surface area contributed by atoms with Gasteiger partial charge in [0, 0.05) is 27.1 Å². The molecule has 2 N–H and O–H groups in total. The molecule has 0 fully saturated rings. The fraction of sp³-hybridized carbons (Fsp3) is 0.226. The van der Waals surface area contributed by atoms with Crippen LogP contribution in [0.4, 0.5) is 0 Å². The first-order chi connectivity index (χ1) is 19.3. The Morgan fingerprint density at radius 3 is 2.65 bits per heavy atom. The molecule has 0 spiro atoms. The van der Waals surface area contributed by atoms with Gasteiger partial charge in [-0.3, -0.25) is 0 Å². The van der Waals surface area contributed by atoms with Gasteiger partial charge in [-0.25, -0.2) is 4.79 Å². The highest BCUT2D eigenvalue weighted by molar-refractivity contribution is 9.10. The third-order valence-corrected chi connectivity index (χ3v) is 7.04. The maximum atomic E-state index is 13.0. The number of halogens is 1. The molecule has 1 aromatic heterocycles. The van der Waals surface area contributed by atoms with Gasteiger partial charge in [0.1, 0.15) is 28.7 Å². The summed E-state index contributed by atoms with van der Waals surface area (Å²) in [5.74, 6) is 0.769. The van der Waals surface area contributed by atoms with Crippen LogP contribution in [0.25, 0.3) is 11.0 Å². The number of carbonyl (C=O) groups is 1. The summed E-state index contributed by atoms with van der Waals surface area (Å²) in [6.07, 6.45) is 0.860. The molecule has 3 aromatic carbocycles. The number of fused-ring (bicyclic) bond motifs is 2. The van der Waals surface area contributed by atoms with Crippen molar-refractivity contribution in [3.05, 3.63) is 93.0 Å². The van der Waals surface area contributed by atoms with Gasteiger partial charge in [-0.15, -0.1) is 0 Å². The van der Waals surface area contributed by atoms with E-state index in [0.717, 1.165) is 21.8 Å². The second-order valence-corrected chi connectivity index (χ2v) is 10.1. The van der Waals surface area contributed by atoms with Crippen molar-refractivity contribution < 1.29 is 28.2 Å². The van der Waals surface area contributed by atoms with E-state index in [9.17, 15) is 10.1 Å². The Balaban J connectivity index is 1.48. The monoisotopic (exact) mass is 602 g/mol. The number of nitrogens with zero attached hydrogens (tertiary/aromatic N) is 1. The summed E-state index contributed by atoms with van der Waals surface area (Å²) in [5.41, 5.74) is 9.20. The fourth-order valence-corrected chi connectivity index (χ4v) is 5.03. The minimum atomic E-state index is -0.637. The second-order valence-electron chi connectivity index (χ2n) is 9.20. The number of rotatable bonds is 8. The topological polar surface area (TPSA) is 117 Å². The number of hydrogen-bond donors (Lipinski definition) is 1. The number of ether oxygens (including phenoxy) is 4. The SMILES string of the molecule is CCCOc1ccc(C2C(C#N)=C(N)Oc3cc(OC(=O)c4oc5cc(Br)ccc5c4C)ccc32)cc1OCC. The molecule has 5 rings (SSSR count). The molecule has 9 heteroatoms. The van der Waals surface area contributed by atoms with Gasteiger partial charge in [0.05, 0.1) is 19.1 Å². The molecule has 8 nitrogen and oxygen atoms in total. The molecule has 1 aliphatic heterocycles. The molecule has 0 bridgehead atoms. The van der Waals surface area contributed by atoms with E-state index in [4.69, 9.17) is 29.1 Å². The molecule has 1 atom stereocenters. The van der Waals surface area contributed by atoms with Crippen LogP contribution >= 0.6 is 15.9 Å². The van der Waals surface area contributed by atoms with Crippen molar-refractivity contribution in [2.75, 3.05) is 13.2 Å². The van der Waals surface area contributed by atoms with Gasteiger partial charge in [-0.1, -0.05) is 35.0 Å². The van der Waals surface area contributed by atoms with Crippen molar-refractivity contribution in [1.29, 1.82) is 5.26 Å². The van der Waals surface area contributed by atoms with Gasteiger partial charge in [0.15, 0.2) is 11.5 Å². The fourth-order valence-electron chi connectivity index (χ4n) is 4.69. The van der Waals surface area contributed by atoms with Crippen LogP contribution < -0.4 is 24.7 Å². The van der Waals surface area contributed by atoms with Crippen LogP contribution in [-0.2, 0) is 0 Å². The molecule has 204 valence electrons. The zero-order valence-electron chi connectivity index (χ0n) is 22.2. The quantitative estimate of drug-likeness (QED) is 0.167. The molecule has 0 saturated heterocycles. The molecule has 0 radical (unpaired) electrons. The Bertz CT molecular complexity index is 1680. The third kappa shape index (κ3) is 5.10. The van der Waals surface area contributed by atoms with Gasteiger partial charge in [0.25, 0.3) is 0 Å². The van der Waals surface area contributed by atoms with Crippen LogP contribution in [0.3, 0.4) is 0 Å². The van der Waals surface area contributed by atoms with Crippen molar-refractivity contribution in [3.63, 3.8) is 0 Å². The van der Waals surface area contributed by atoms with Gasteiger partial charge >= 0.3 is 5.97 Å². The number of nitrogens with two attached hydrogens (primary N) is 1. The van der Waals surface area contributed by atoms with Crippen molar-refractivity contribution >= 4 is 32.9 Å². The van der Waals surface area contributed by atoms with E-state index in [1.54, 1.807) is 31.2 Å². The molecular formula is C31H27BrN2O6. The van der Waals surface area contributed by atoms with Gasteiger partial charge in [-0.05, 0) is 62.2 Å².